The number of hydrogen-bond acceptors (Lipinski definition) is 3. The van der Waals surface area contributed by atoms with E-state index in [1.165, 1.54) is 24.3 Å². The molecule has 0 aromatic heterocycles. The fourth-order valence-corrected chi connectivity index (χ4v) is 2.14. The van der Waals surface area contributed by atoms with E-state index in [2.05, 4.69) is 5.32 Å². The second kappa shape index (κ2) is 5.25. The van der Waals surface area contributed by atoms with Crippen LogP contribution in [0, 0.1) is 0 Å². The van der Waals surface area contributed by atoms with Crippen molar-refractivity contribution in [2.75, 3.05) is 12.1 Å². The molecule has 0 bridgehead atoms. The van der Waals surface area contributed by atoms with E-state index in [4.69, 9.17) is 9.47 Å². The van der Waals surface area contributed by atoms with Crippen LogP contribution in [0.4, 0.5) is 18.9 Å². The maximum Gasteiger partial charge on any atom is 0.418 e. The summed E-state index contributed by atoms with van der Waals surface area (Å²) in [7, 11) is 0. The van der Waals surface area contributed by atoms with Crippen LogP contribution in [0.2, 0.25) is 0 Å². The number of rotatable bonds is 2. The van der Waals surface area contributed by atoms with Crippen LogP contribution in [0.3, 0.4) is 0 Å². The average Bonchev–Trinajstić information content (AvgIpc) is 2.94. The average molecular weight is 309 g/mol. The largest absolute Gasteiger partial charge is 0.454 e. The number of para-hydroxylation sites is 2. The SMILES string of the molecule is O=C(Nc1ccccc1C(F)(F)F)c1cccc2c1OCO2. The van der Waals surface area contributed by atoms with Crippen molar-refractivity contribution in [1.82, 2.24) is 0 Å². The normalized spacial score (nSPS) is 13.0. The first-order valence-electron chi connectivity index (χ1n) is 6.33. The molecule has 1 aliphatic heterocycles. The third kappa shape index (κ3) is 2.57. The highest BCUT2D eigenvalue weighted by Gasteiger charge is 2.34. The van der Waals surface area contributed by atoms with Gasteiger partial charge in [0.05, 0.1) is 16.8 Å². The van der Waals surface area contributed by atoms with Crippen molar-refractivity contribution < 1.29 is 27.4 Å². The van der Waals surface area contributed by atoms with Gasteiger partial charge >= 0.3 is 6.18 Å². The van der Waals surface area contributed by atoms with Crippen molar-refractivity contribution in [2.24, 2.45) is 0 Å². The summed E-state index contributed by atoms with van der Waals surface area (Å²) in [5, 5.41) is 2.27. The van der Waals surface area contributed by atoms with Gasteiger partial charge < -0.3 is 14.8 Å². The van der Waals surface area contributed by atoms with Gasteiger partial charge in [-0.05, 0) is 24.3 Å². The van der Waals surface area contributed by atoms with Crippen molar-refractivity contribution in [3.05, 3.63) is 53.6 Å². The number of nitrogens with one attached hydrogen (secondary N) is 1. The summed E-state index contributed by atoms with van der Waals surface area (Å²) in [6.07, 6.45) is -4.55. The van der Waals surface area contributed by atoms with Gasteiger partial charge in [0.2, 0.25) is 6.79 Å². The first-order valence-corrected chi connectivity index (χ1v) is 6.33. The van der Waals surface area contributed by atoms with Crippen LogP contribution >= 0.6 is 0 Å². The molecule has 3 rings (SSSR count). The van der Waals surface area contributed by atoms with E-state index in [0.717, 1.165) is 6.07 Å². The van der Waals surface area contributed by atoms with Gasteiger partial charge in [0.15, 0.2) is 11.5 Å². The van der Waals surface area contributed by atoms with E-state index < -0.39 is 17.6 Å². The first kappa shape index (κ1) is 14.2. The molecule has 1 aliphatic rings. The topological polar surface area (TPSA) is 47.6 Å². The fourth-order valence-electron chi connectivity index (χ4n) is 2.14. The first-order chi connectivity index (χ1) is 10.5. The lowest BCUT2D eigenvalue weighted by Gasteiger charge is -2.14. The Morgan fingerprint density at radius 3 is 2.59 bits per heavy atom. The zero-order valence-corrected chi connectivity index (χ0v) is 11.1. The summed E-state index contributed by atoms with van der Waals surface area (Å²) in [6.45, 7) is -0.0290. The molecule has 0 atom stereocenters. The number of carbonyl (C=O) groups excluding carboxylic acids is 1. The third-order valence-electron chi connectivity index (χ3n) is 3.12. The number of benzene rings is 2. The minimum atomic E-state index is -4.55. The number of amides is 1. The Morgan fingerprint density at radius 2 is 1.82 bits per heavy atom. The molecule has 0 fully saturated rings. The van der Waals surface area contributed by atoms with E-state index in [0.29, 0.717) is 5.75 Å². The van der Waals surface area contributed by atoms with Crippen LogP contribution in [0.15, 0.2) is 42.5 Å². The highest BCUT2D eigenvalue weighted by Crippen LogP contribution is 2.37. The van der Waals surface area contributed by atoms with E-state index >= 15 is 0 Å². The molecular weight excluding hydrogens is 299 g/mol. The predicted octanol–water partition coefficient (Wildman–Crippen LogP) is 3.69. The fraction of sp³-hybridized carbons (Fsp3) is 0.133. The van der Waals surface area contributed by atoms with Gasteiger partial charge in [-0.15, -0.1) is 0 Å². The maximum atomic E-state index is 12.9. The molecule has 0 unspecified atom stereocenters. The van der Waals surface area contributed by atoms with Gasteiger partial charge in [-0.3, -0.25) is 4.79 Å². The quantitative estimate of drug-likeness (QED) is 0.920. The van der Waals surface area contributed by atoms with E-state index in [1.807, 2.05) is 0 Å². The molecule has 1 N–H and O–H groups in total. The Bertz CT molecular complexity index is 728. The molecule has 0 saturated carbocycles. The molecule has 0 aliphatic carbocycles. The summed E-state index contributed by atoms with van der Waals surface area (Å²) < 4.78 is 49.1. The second-order valence-corrected chi connectivity index (χ2v) is 4.54. The molecule has 0 saturated heterocycles. The monoisotopic (exact) mass is 309 g/mol. The number of fused-ring (bicyclic) bond motifs is 1. The molecule has 2 aromatic rings. The zero-order valence-electron chi connectivity index (χ0n) is 11.1. The number of hydrogen-bond donors (Lipinski definition) is 1. The van der Waals surface area contributed by atoms with Gasteiger partial charge in [0.25, 0.3) is 5.91 Å². The van der Waals surface area contributed by atoms with Gasteiger partial charge in [-0.2, -0.15) is 13.2 Å². The third-order valence-corrected chi connectivity index (χ3v) is 3.12. The number of alkyl halides is 3. The minimum Gasteiger partial charge on any atom is -0.454 e. The highest BCUT2D eigenvalue weighted by molar-refractivity contribution is 6.07. The van der Waals surface area contributed by atoms with Crippen molar-refractivity contribution in [1.29, 1.82) is 0 Å². The van der Waals surface area contributed by atoms with Gasteiger partial charge in [0, 0.05) is 0 Å². The second-order valence-electron chi connectivity index (χ2n) is 4.54. The summed E-state index contributed by atoms with van der Waals surface area (Å²) >= 11 is 0. The Labute approximate surface area is 123 Å². The molecule has 0 spiro atoms. The molecular formula is C15H10F3NO3. The Kier molecular flexibility index (Phi) is 3.40. The summed E-state index contributed by atoms with van der Waals surface area (Å²) in [4.78, 5) is 12.2. The molecule has 22 heavy (non-hydrogen) atoms. The van der Waals surface area contributed by atoms with Crippen molar-refractivity contribution in [3.8, 4) is 11.5 Å². The molecule has 4 nitrogen and oxygen atoms in total. The molecule has 1 heterocycles. The highest BCUT2D eigenvalue weighted by atomic mass is 19.4. The summed E-state index contributed by atoms with van der Waals surface area (Å²) in [5.74, 6) is -0.0831. The molecule has 114 valence electrons. The molecule has 1 amide bonds. The lowest BCUT2D eigenvalue weighted by molar-refractivity contribution is -0.136. The Hall–Kier alpha value is -2.70. The van der Waals surface area contributed by atoms with Crippen LogP contribution in [0.25, 0.3) is 0 Å². The van der Waals surface area contributed by atoms with Crippen molar-refractivity contribution >= 4 is 11.6 Å². The van der Waals surface area contributed by atoms with Crippen molar-refractivity contribution in [2.45, 2.75) is 6.18 Å². The number of halogens is 3. The van der Waals surface area contributed by atoms with Crippen LogP contribution in [0.1, 0.15) is 15.9 Å². The standard InChI is InChI=1S/C15H10F3NO3/c16-15(17,18)10-5-1-2-6-11(10)19-14(20)9-4-3-7-12-13(9)22-8-21-12/h1-7H,8H2,(H,19,20). The van der Waals surface area contributed by atoms with Crippen LogP contribution < -0.4 is 14.8 Å². The summed E-state index contributed by atoms with van der Waals surface area (Å²) in [6, 6.07) is 9.42. The van der Waals surface area contributed by atoms with Crippen LogP contribution in [-0.2, 0) is 6.18 Å². The Morgan fingerprint density at radius 1 is 1.05 bits per heavy atom. The number of carbonyl (C=O) groups is 1. The lowest BCUT2D eigenvalue weighted by Crippen LogP contribution is -2.17. The van der Waals surface area contributed by atoms with Gasteiger partial charge in [-0.1, -0.05) is 18.2 Å². The summed E-state index contributed by atoms with van der Waals surface area (Å²) in [5.41, 5.74) is -1.10. The van der Waals surface area contributed by atoms with Gasteiger partial charge in [-0.25, -0.2) is 0 Å². The maximum absolute atomic E-state index is 12.9. The lowest BCUT2D eigenvalue weighted by atomic mass is 10.1. The van der Waals surface area contributed by atoms with Crippen LogP contribution in [-0.4, -0.2) is 12.7 Å². The van der Waals surface area contributed by atoms with Crippen LogP contribution in [0.5, 0.6) is 11.5 Å². The van der Waals surface area contributed by atoms with E-state index in [1.54, 1.807) is 12.1 Å². The van der Waals surface area contributed by atoms with Gasteiger partial charge in [0.1, 0.15) is 0 Å². The Balaban J connectivity index is 1.92. The predicted molar refractivity (Wildman–Crippen MR) is 72.0 cm³/mol. The molecule has 7 heteroatoms. The van der Waals surface area contributed by atoms with E-state index in [-0.39, 0.29) is 23.8 Å². The number of anilines is 1. The van der Waals surface area contributed by atoms with Crippen molar-refractivity contribution in [3.63, 3.8) is 0 Å². The molecule has 2 aromatic carbocycles. The smallest absolute Gasteiger partial charge is 0.418 e. The molecule has 0 radical (unpaired) electrons. The minimum absolute atomic E-state index is 0.0290. The van der Waals surface area contributed by atoms with E-state index in [9.17, 15) is 18.0 Å². The number of ether oxygens (including phenoxy) is 2. The zero-order chi connectivity index (χ0) is 15.7.